The average molecular weight is 517 g/mol. The van der Waals surface area contributed by atoms with Gasteiger partial charge in [0.2, 0.25) is 11.8 Å². The lowest BCUT2D eigenvalue weighted by Gasteiger charge is -2.26. The Balaban J connectivity index is 0.00000342. The summed E-state index contributed by atoms with van der Waals surface area (Å²) < 4.78 is 6.54. The van der Waals surface area contributed by atoms with Gasteiger partial charge in [-0.2, -0.15) is 0 Å². The molecule has 0 bridgehead atoms. The molecule has 0 aliphatic carbocycles. The summed E-state index contributed by atoms with van der Waals surface area (Å²) >= 11 is 1.51. The van der Waals surface area contributed by atoms with Gasteiger partial charge in [0.15, 0.2) is 5.13 Å². The second-order valence-electron chi connectivity index (χ2n) is 8.52. The maximum atomic E-state index is 13.8. The molecule has 1 fully saturated rings. The molecule has 35 heavy (non-hydrogen) atoms. The molecule has 1 aliphatic rings. The first-order valence-electron chi connectivity index (χ1n) is 11.8. The number of benzene rings is 2. The van der Waals surface area contributed by atoms with Gasteiger partial charge in [0.25, 0.3) is 0 Å². The predicted octanol–water partition coefficient (Wildman–Crippen LogP) is 4.76. The molecule has 1 atom stereocenters. The number of methoxy groups -OCH3 is 1. The van der Waals surface area contributed by atoms with E-state index in [0.717, 1.165) is 41.1 Å². The molecule has 1 saturated heterocycles. The van der Waals surface area contributed by atoms with Crippen molar-refractivity contribution in [3.8, 4) is 5.75 Å². The van der Waals surface area contributed by atoms with E-state index >= 15 is 0 Å². The highest BCUT2D eigenvalue weighted by atomic mass is 35.5. The van der Waals surface area contributed by atoms with Crippen LogP contribution in [0.4, 0.5) is 10.8 Å². The van der Waals surface area contributed by atoms with Gasteiger partial charge in [-0.25, -0.2) is 4.98 Å². The summed E-state index contributed by atoms with van der Waals surface area (Å²) in [6, 6.07) is 13.5. The van der Waals surface area contributed by atoms with Crippen molar-refractivity contribution >= 4 is 56.6 Å². The summed E-state index contributed by atoms with van der Waals surface area (Å²) in [6.07, 6.45) is 0.211. The number of ether oxygens (including phenoxy) is 1. The van der Waals surface area contributed by atoms with Crippen LogP contribution < -0.4 is 14.5 Å². The van der Waals surface area contributed by atoms with Gasteiger partial charge in [0, 0.05) is 31.7 Å². The molecule has 1 unspecified atom stereocenters. The Hall–Kier alpha value is -2.68. The monoisotopic (exact) mass is 516 g/mol. The lowest BCUT2D eigenvalue weighted by molar-refractivity contribution is -0.124. The summed E-state index contributed by atoms with van der Waals surface area (Å²) in [5.74, 6) is 0.231. The highest BCUT2D eigenvalue weighted by Gasteiger charge is 2.38. The number of aromatic nitrogens is 1. The van der Waals surface area contributed by atoms with E-state index in [9.17, 15) is 9.59 Å². The van der Waals surface area contributed by atoms with Crippen molar-refractivity contribution in [3.05, 3.63) is 48.0 Å². The number of thiazole rings is 1. The smallest absolute Gasteiger partial charge is 0.234 e. The fourth-order valence-electron chi connectivity index (χ4n) is 4.41. The molecular formula is C26H33ClN4O3S. The molecule has 7 nitrogen and oxygen atoms in total. The number of rotatable bonds is 9. The van der Waals surface area contributed by atoms with Gasteiger partial charge in [-0.1, -0.05) is 49.4 Å². The number of carbonyl (C=O) groups excluding carboxylic acids is 2. The van der Waals surface area contributed by atoms with Crippen LogP contribution in [-0.2, 0) is 9.59 Å². The Morgan fingerprint density at radius 3 is 2.51 bits per heavy atom. The predicted molar refractivity (Wildman–Crippen MR) is 145 cm³/mol. The van der Waals surface area contributed by atoms with Gasteiger partial charge in [-0.05, 0) is 43.8 Å². The van der Waals surface area contributed by atoms with Gasteiger partial charge < -0.3 is 14.5 Å². The molecule has 188 valence electrons. The molecule has 1 aliphatic heterocycles. The summed E-state index contributed by atoms with van der Waals surface area (Å²) in [5.41, 5.74) is 2.70. The zero-order chi connectivity index (χ0) is 24.2. The molecule has 0 N–H and O–H groups in total. The number of likely N-dealkylation sites (N-methyl/N-ethyl adjacent to an activating group) is 1. The number of hydrogen-bond acceptors (Lipinski definition) is 6. The van der Waals surface area contributed by atoms with Crippen molar-refractivity contribution in [1.82, 2.24) is 9.88 Å². The average Bonchev–Trinajstić information content (AvgIpc) is 3.47. The van der Waals surface area contributed by atoms with Crippen molar-refractivity contribution in [1.29, 1.82) is 0 Å². The molecule has 3 aromatic rings. The number of hydrogen-bond donors (Lipinski definition) is 0. The maximum absolute atomic E-state index is 13.8. The minimum atomic E-state index is -0.403. The zero-order valence-electron chi connectivity index (χ0n) is 20.7. The zero-order valence-corrected chi connectivity index (χ0v) is 22.3. The van der Waals surface area contributed by atoms with E-state index in [1.165, 1.54) is 11.3 Å². The van der Waals surface area contributed by atoms with Gasteiger partial charge >= 0.3 is 0 Å². The number of anilines is 2. The molecule has 0 saturated carbocycles. The molecule has 4 rings (SSSR count). The van der Waals surface area contributed by atoms with Crippen LogP contribution in [0.15, 0.2) is 42.5 Å². The fourth-order valence-corrected chi connectivity index (χ4v) is 5.49. The van der Waals surface area contributed by atoms with E-state index in [-0.39, 0.29) is 30.6 Å². The van der Waals surface area contributed by atoms with Gasteiger partial charge in [-0.3, -0.25) is 14.5 Å². The summed E-state index contributed by atoms with van der Waals surface area (Å²) in [5, 5.41) is 0.658. The van der Waals surface area contributed by atoms with Crippen LogP contribution in [0.1, 0.15) is 25.8 Å². The Labute approximate surface area is 217 Å². The van der Waals surface area contributed by atoms with Crippen molar-refractivity contribution < 1.29 is 14.3 Å². The standard InChI is InChI=1S/C26H32N4O3S.ClH/c1-5-28(6-2)14-15-29(26-27-23-21(33-4)13-12-18(3)24(23)34-26)25(32)19-16-22(31)30(17-19)20-10-8-7-9-11-20;/h7-13,19H,5-6,14-17H2,1-4H3;1H. The second kappa shape index (κ2) is 11.8. The normalized spacial score (nSPS) is 15.5. The lowest BCUT2D eigenvalue weighted by atomic mass is 10.1. The Kier molecular flexibility index (Phi) is 9.10. The molecule has 0 radical (unpaired) electrons. The molecule has 9 heteroatoms. The third-order valence-electron chi connectivity index (χ3n) is 6.49. The number of para-hydroxylation sites is 1. The lowest BCUT2D eigenvalue weighted by Crippen LogP contribution is -2.42. The van der Waals surface area contributed by atoms with Gasteiger partial charge in [0.05, 0.1) is 17.7 Å². The third-order valence-corrected chi connectivity index (χ3v) is 7.70. The Morgan fingerprint density at radius 1 is 1.14 bits per heavy atom. The van der Waals surface area contributed by atoms with Crippen molar-refractivity contribution in [2.45, 2.75) is 27.2 Å². The highest BCUT2D eigenvalue weighted by molar-refractivity contribution is 7.22. The van der Waals surface area contributed by atoms with Crippen LogP contribution >= 0.6 is 23.7 Å². The molecule has 2 aromatic carbocycles. The number of aryl methyl sites for hydroxylation is 1. The maximum Gasteiger partial charge on any atom is 0.234 e. The Bertz CT molecular complexity index is 1170. The SMILES string of the molecule is CCN(CC)CCN(C(=O)C1CC(=O)N(c2ccccc2)C1)c1nc2c(OC)ccc(C)c2s1.Cl. The summed E-state index contributed by atoms with van der Waals surface area (Å²) in [7, 11) is 1.63. The van der Waals surface area contributed by atoms with Crippen LogP contribution in [-0.4, -0.2) is 61.5 Å². The van der Waals surface area contributed by atoms with Crippen LogP contribution in [0.25, 0.3) is 10.2 Å². The van der Waals surface area contributed by atoms with E-state index in [1.54, 1.807) is 16.9 Å². The molecule has 2 amide bonds. The van der Waals surface area contributed by atoms with Crippen LogP contribution in [0.5, 0.6) is 5.75 Å². The summed E-state index contributed by atoms with van der Waals surface area (Å²) in [6.45, 7) is 9.76. The van der Waals surface area contributed by atoms with Gasteiger partial charge in [0.1, 0.15) is 11.3 Å². The first kappa shape index (κ1) is 26.9. The van der Waals surface area contributed by atoms with E-state index in [4.69, 9.17) is 9.72 Å². The molecule has 1 aromatic heterocycles. The Morgan fingerprint density at radius 2 is 1.86 bits per heavy atom. The fraction of sp³-hybridized carbons (Fsp3) is 0.423. The topological polar surface area (TPSA) is 66.0 Å². The number of fused-ring (bicyclic) bond motifs is 1. The second-order valence-corrected chi connectivity index (χ2v) is 9.49. The first-order valence-corrected chi connectivity index (χ1v) is 12.6. The molecular weight excluding hydrogens is 484 g/mol. The van der Waals surface area contributed by atoms with E-state index in [2.05, 4.69) is 18.7 Å². The van der Waals surface area contributed by atoms with Gasteiger partial charge in [-0.15, -0.1) is 12.4 Å². The number of carbonyl (C=O) groups is 2. The van der Waals surface area contributed by atoms with Crippen LogP contribution in [0.3, 0.4) is 0 Å². The largest absolute Gasteiger partial charge is 0.494 e. The minimum Gasteiger partial charge on any atom is -0.494 e. The van der Waals surface area contributed by atoms with E-state index < -0.39 is 5.92 Å². The minimum absolute atomic E-state index is 0. The summed E-state index contributed by atoms with van der Waals surface area (Å²) in [4.78, 5) is 37.3. The van der Waals surface area contributed by atoms with Crippen molar-refractivity contribution in [3.63, 3.8) is 0 Å². The van der Waals surface area contributed by atoms with E-state index in [1.807, 2.05) is 49.4 Å². The van der Waals surface area contributed by atoms with E-state index in [0.29, 0.717) is 24.0 Å². The third kappa shape index (κ3) is 5.60. The molecule has 2 heterocycles. The number of amides is 2. The van der Waals surface area contributed by atoms with Crippen LogP contribution in [0, 0.1) is 12.8 Å². The van der Waals surface area contributed by atoms with Crippen LogP contribution in [0.2, 0.25) is 0 Å². The molecule has 0 spiro atoms. The number of nitrogens with zero attached hydrogens (tertiary/aromatic N) is 4. The quantitative estimate of drug-likeness (QED) is 0.410. The van der Waals surface area contributed by atoms with Crippen molar-refractivity contribution in [2.24, 2.45) is 5.92 Å². The first-order chi connectivity index (χ1) is 16.5. The number of halogens is 1. The highest BCUT2D eigenvalue weighted by Crippen LogP contribution is 2.37. The van der Waals surface area contributed by atoms with Crippen molar-refractivity contribution in [2.75, 3.05) is 49.6 Å².